The summed E-state index contributed by atoms with van der Waals surface area (Å²) in [5, 5.41) is 15.0. The number of hydrogen-bond donors (Lipinski definition) is 3. The standard InChI is InChI=1S/C27H46N4O2/c1-17-25-21-15-31(24-9-5-2-6-19(21)24)12-13-33-18(14-28)10-11-30-16-22(26(25)27(32)29-17)20-7-3-4-8-23(20)30/h17-24,27,29,32H,2-16,28H2,1H3. The number of aliphatic hydroxyl groups excluding tert-OH is 1. The van der Waals surface area contributed by atoms with Gasteiger partial charge in [-0.15, -0.1) is 0 Å². The van der Waals surface area contributed by atoms with Gasteiger partial charge in [-0.1, -0.05) is 25.7 Å². The summed E-state index contributed by atoms with van der Waals surface area (Å²) in [6, 6.07) is 1.66. The van der Waals surface area contributed by atoms with Crippen molar-refractivity contribution in [1.29, 1.82) is 0 Å². The summed E-state index contributed by atoms with van der Waals surface area (Å²) in [6.07, 6.45) is 11.5. The van der Waals surface area contributed by atoms with Gasteiger partial charge in [-0.25, -0.2) is 0 Å². The maximum absolute atomic E-state index is 11.4. The van der Waals surface area contributed by atoms with Gasteiger partial charge in [0.2, 0.25) is 0 Å². The number of nitrogens with zero attached hydrogens (tertiary/aromatic N) is 2. The average Bonchev–Trinajstić information content (AvgIpc) is 3.46. The number of nitrogens with one attached hydrogen (secondary N) is 1. The summed E-state index contributed by atoms with van der Waals surface area (Å²) < 4.78 is 6.38. The quantitative estimate of drug-likeness (QED) is 0.524. The predicted octanol–water partition coefficient (Wildman–Crippen LogP) is 2.32. The van der Waals surface area contributed by atoms with Gasteiger partial charge in [0.1, 0.15) is 6.23 Å². The van der Waals surface area contributed by atoms with Crippen LogP contribution in [-0.2, 0) is 4.74 Å². The van der Waals surface area contributed by atoms with E-state index in [9.17, 15) is 5.11 Å². The molecular weight excluding hydrogens is 412 g/mol. The second-order valence-corrected chi connectivity index (χ2v) is 12.0. The topological polar surface area (TPSA) is 74.0 Å². The molecule has 11 unspecified atom stereocenters. The monoisotopic (exact) mass is 458 g/mol. The Morgan fingerprint density at radius 1 is 0.879 bits per heavy atom. The van der Waals surface area contributed by atoms with Crippen LogP contribution in [0.2, 0.25) is 0 Å². The van der Waals surface area contributed by atoms with Crippen LogP contribution in [-0.4, -0.2) is 84.7 Å². The molecule has 186 valence electrons. The zero-order valence-electron chi connectivity index (χ0n) is 20.6. The molecule has 2 saturated carbocycles. The van der Waals surface area contributed by atoms with E-state index in [1.165, 1.54) is 56.9 Å². The maximum Gasteiger partial charge on any atom is 0.128 e. The first kappa shape index (κ1) is 22.9. The van der Waals surface area contributed by atoms with Crippen LogP contribution in [0.5, 0.6) is 0 Å². The minimum absolute atomic E-state index is 0.170. The molecule has 6 aliphatic rings. The fourth-order valence-electron chi connectivity index (χ4n) is 9.04. The van der Waals surface area contributed by atoms with Gasteiger partial charge >= 0.3 is 0 Å². The van der Waals surface area contributed by atoms with Crippen LogP contribution < -0.4 is 11.1 Å². The molecule has 0 spiro atoms. The first-order chi connectivity index (χ1) is 16.2. The molecule has 2 aliphatic carbocycles. The molecule has 6 heteroatoms. The normalized spacial score (nSPS) is 50.5. The van der Waals surface area contributed by atoms with E-state index in [0.717, 1.165) is 45.1 Å². The molecule has 0 aromatic carbocycles. The van der Waals surface area contributed by atoms with Crippen LogP contribution in [0, 0.1) is 23.7 Å². The van der Waals surface area contributed by atoms with Gasteiger partial charge < -0.3 is 15.6 Å². The maximum atomic E-state index is 11.4. The molecule has 4 N–H and O–H groups in total. The van der Waals surface area contributed by atoms with Crippen LogP contribution in [0.4, 0.5) is 0 Å². The van der Waals surface area contributed by atoms with Crippen molar-refractivity contribution in [3.8, 4) is 0 Å². The van der Waals surface area contributed by atoms with E-state index in [2.05, 4.69) is 22.0 Å². The molecule has 4 heterocycles. The Morgan fingerprint density at radius 3 is 2.15 bits per heavy atom. The number of nitrogens with two attached hydrogens (primary N) is 1. The highest BCUT2D eigenvalue weighted by Crippen LogP contribution is 2.50. The summed E-state index contributed by atoms with van der Waals surface area (Å²) >= 11 is 0. The molecule has 0 aromatic heterocycles. The Morgan fingerprint density at radius 2 is 1.48 bits per heavy atom. The fraction of sp³-hybridized carbons (Fsp3) is 0.926. The third kappa shape index (κ3) is 4.03. The number of hydrogen-bond acceptors (Lipinski definition) is 6. The Bertz CT molecular complexity index is 744. The van der Waals surface area contributed by atoms with Crippen molar-refractivity contribution in [2.45, 2.75) is 95.2 Å². The highest BCUT2D eigenvalue weighted by molar-refractivity contribution is 5.36. The predicted molar refractivity (Wildman–Crippen MR) is 131 cm³/mol. The van der Waals surface area contributed by atoms with Gasteiger partial charge in [0, 0.05) is 56.8 Å². The summed E-state index contributed by atoms with van der Waals surface area (Å²) in [6.45, 7) is 8.11. The molecule has 4 bridgehead atoms. The largest absolute Gasteiger partial charge is 0.376 e. The van der Waals surface area contributed by atoms with Crippen LogP contribution in [0.3, 0.4) is 0 Å². The van der Waals surface area contributed by atoms with E-state index < -0.39 is 6.23 Å². The molecule has 0 radical (unpaired) electrons. The Balaban J connectivity index is 1.40. The van der Waals surface area contributed by atoms with Crippen LogP contribution in [0.1, 0.15) is 64.7 Å². The molecular formula is C27H46N4O2. The highest BCUT2D eigenvalue weighted by atomic mass is 16.5. The van der Waals surface area contributed by atoms with Crippen molar-refractivity contribution in [3.63, 3.8) is 0 Å². The van der Waals surface area contributed by atoms with E-state index in [1.54, 1.807) is 5.57 Å². The molecule has 4 fully saturated rings. The summed E-state index contributed by atoms with van der Waals surface area (Å²) in [7, 11) is 0. The molecule has 11 atom stereocenters. The molecule has 0 aromatic rings. The molecule has 0 amide bonds. The van der Waals surface area contributed by atoms with Crippen molar-refractivity contribution in [1.82, 2.24) is 15.1 Å². The lowest BCUT2D eigenvalue weighted by molar-refractivity contribution is 0.0239. The molecule has 33 heavy (non-hydrogen) atoms. The van der Waals surface area contributed by atoms with Crippen molar-refractivity contribution in [2.24, 2.45) is 29.4 Å². The number of ether oxygens (including phenoxy) is 1. The van der Waals surface area contributed by atoms with Crippen molar-refractivity contribution in [2.75, 3.05) is 39.3 Å². The number of rotatable bonds is 1. The molecule has 6 nitrogen and oxygen atoms in total. The van der Waals surface area contributed by atoms with Crippen LogP contribution >= 0.6 is 0 Å². The minimum atomic E-state index is -0.452. The third-order valence-electron chi connectivity index (χ3n) is 10.4. The third-order valence-corrected chi connectivity index (χ3v) is 10.4. The van der Waals surface area contributed by atoms with Crippen molar-refractivity contribution < 1.29 is 9.84 Å². The van der Waals surface area contributed by atoms with E-state index in [0.29, 0.717) is 42.4 Å². The summed E-state index contributed by atoms with van der Waals surface area (Å²) in [5.41, 5.74) is 9.17. The Kier molecular flexibility index (Phi) is 6.61. The van der Waals surface area contributed by atoms with Gasteiger partial charge in [0.15, 0.2) is 0 Å². The second-order valence-electron chi connectivity index (χ2n) is 12.0. The summed E-state index contributed by atoms with van der Waals surface area (Å²) in [5.74, 6) is 2.55. The SMILES string of the molecule is CC1NC(O)C2=C1C1CN(CCOC(CN)CCN3CC2C2CCCCC23)C2CCCCC12. The fourth-order valence-corrected chi connectivity index (χ4v) is 9.04. The summed E-state index contributed by atoms with van der Waals surface area (Å²) in [4.78, 5) is 5.51. The molecule has 2 saturated heterocycles. The zero-order valence-corrected chi connectivity index (χ0v) is 20.6. The van der Waals surface area contributed by atoms with E-state index in [1.807, 2.05) is 0 Å². The van der Waals surface area contributed by atoms with Crippen LogP contribution in [0.15, 0.2) is 11.1 Å². The Labute approximate surface area is 200 Å². The molecule has 6 rings (SSSR count). The Hall–Kier alpha value is -0.500. The number of fused-ring (bicyclic) bond motifs is 12. The van der Waals surface area contributed by atoms with Gasteiger partial charge in [-0.3, -0.25) is 15.1 Å². The minimum Gasteiger partial charge on any atom is -0.376 e. The van der Waals surface area contributed by atoms with Crippen LogP contribution in [0.25, 0.3) is 0 Å². The zero-order chi connectivity index (χ0) is 22.5. The smallest absolute Gasteiger partial charge is 0.128 e. The van der Waals surface area contributed by atoms with Gasteiger partial charge in [-0.05, 0) is 67.9 Å². The van der Waals surface area contributed by atoms with Gasteiger partial charge in [-0.2, -0.15) is 0 Å². The molecule has 4 aliphatic heterocycles. The highest BCUT2D eigenvalue weighted by Gasteiger charge is 2.52. The first-order valence-corrected chi connectivity index (χ1v) is 14.1. The van der Waals surface area contributed by atoms with Crippen molar-refractivity contribution in [3.05, 3.63) is 11.1 Å². The average molecular weight is 459 g/mol. The van der Waals surface area contributed by atoms with Gasteiger partial charge in [0.05, 0.1) is 12.7 Å². The van der Waals surface area contributed by atoms with E-state index in [-0.39, 0.29) is 6.10 Å². The van der Waals surface area contributed by atoms with E-state index in [4.69, 9.17) is 10.5 Å². The lowest BCUT2D eigenvalue weighted by Crippen LogP contribution is -2.39. The number of aliphatic hydroxyl groups is 1. The second kappa shape index (κ2) is 9.51. The first-order valence-electron chi connectivity index (χ1n) is 14.1. The van der Waals surface area contributed by atoms with E-state index >= 15 is 0 Å². The van der Waals surface area contributed by atoms with Gasteiger partial charge in [0.25, 0.3) is 0 Å². The lowest BCUT2D eigenvalue weighted by atomic mass is 9.71. The van der Waals surface area contributed by atoms with Crippen molar-refractivity contribution >= 4 is 0 Å². The lowest BCUT2D eigenvalue weighted by Gasteiger charge is -2.35.